The lowest BCUT2D eigenvalue weighted by atomic mass is 10.1. The Morgan fingerprint density at radius 2 is 2.20 bits per heavy atom. The normalized spacial score (nSPS) is 11.9. The number of aryl methyl sites for hydroxylation is 1. The van der Waals surface area contributed by atoms with Gasteiger partial charge in [-0.3, -0.25) is 0 Å². The molecular formula is C13H18ClN. The molecule has 0 amide bonds. The van der Waals surface area contributed by atoms with Crippen LogP contribution in [-0.4, -0.2) is 6.54 Å². The molecule has 1 rings (SSSR count). The summed E-state index contributed by atoms with van der Waals surface area (Å²) in [5, 5.41) is 0.826. The van der Waals surface area contributed by atoms with Crippen LogP contribution >= 0.6 is 11.6 Å². The molecule has 0 aromatic heterocycles. The van der Waals surface area contributed by atoms with Gasteiger partial charge in [-0.2, -0.15) is 0 Å². The maximum Gasteiger partial charge on any atom is 0.0435 e. The van der Waals surface area contributed by atoms with Gasteiger partial charge in [0, 0.05) is 5.02 Å². The first-order valence-electron chi connectivity index (χ1n) is 5.27. The third-order valence-corrected chi connectivity index (χ3v) is 2.79. The minimum Gasteiger partial charge on any atom is -0.330 e. The maximum atomic E-state index is 5.96. The van der Waals surface area contributed by atoms with E-state index in [4.69, 9.17) is 17.3 Å². The van der Waals surface area contributed by atoms with Crippen molar-refractivity contribution in [3.05, 3.63) is 39.9 Å². The van der Waals surface area contributed by atoms with Crippen LogP contribution in [0.15, 0.2) is 23.8 Å². The van der Waals surface area contributed by atoms with E-state index in [2.05, 4.69) is 19.1 Å². The predicted octanol–water partition coefficient (Wildman–Crippen LogP) is 3.79. The van der Waals surface area contributed by atoms with Gasteiger partial charge in [-0.25, -0.2) is 0 Å². The molecule has 0 saturated carbocycles. The summed E-state index contributed by atoms with van der Waals surface area (Å²) in [7, 11) is 0. The third-order valence-electron chi connectivity index (χ3n) is 2.37. The van der Waals surface area contributed by atoms with E-state index >= 15 is 0 Å². The van der Waals surface area contributed by atoms with Gasteiger partial charge in [0.15, 0.2) is 0 Å². The van der Waals surface area contributed by atoms with E-state index in [1.165, 1.54) is 11.1 Å². The van der Waals surface area contributed by atoms with Crippen molar-refractivity contribution in [2.75, 3.05) is 6.54 Å². The highest BCUT2D eigenvalue weighted by Crippen LogP contribution is 2.18. The summed E-state index contributed by atoms with van der Waals surface area (Å²) in [5.41, 5.74) is 9.17. The zero-order valence-corrected chi connectivity index (χ0v) is 10.1. The molecule has 0 bridgehead atoms. The van der Waals surface area contributed by atoms with Crippen molar-refractivity contribution in [2.24, 2.45) is 5.73 Å². The van der Waals surface area contributed by atoms with E-state index in [0.29, 0.717) is 0 Å². The average Bonchev–Trinajstić information content (AvgIpc) is 2.20. The van der Waals surface area contributed by atoms with Crippen LogP contribution in [0.25, 0.3) is 6.08 Å². The molecule has 82 valence electrons. The fraction of sp³-hybridized carbons (Fsp3) is 0.385. The Labute approximate surface area is 96.9 Å². The van der Waals surface area contributed by atoms with Crippen LogP contribution in [0.4, 0.5) is 0 Å². The van der Waals surface area contributed by atoms with Crippen LogP contribution in [-0.2, 0) is 0 Å². The van der Waals surface area contributed by atoms with Crippen molar-refractivity contribution in [3.63, 3.8) is 0 Å². The number of benzene rings is 1. The monoisotopic (exact) mass is 223 g/mol. The molecule has 0 unspecified atom stereocenters. The molecule has 0 atom stereocenters. The number of allylic oxidation sites excluding steroid dienone is 1. The van der Waals surface area contributed by atoms with Gasteiger partial charge in [0.05, 0.1) is 0 Å². The lowest BCUT2D eigenvalue weighted by Gasteiger charge is -2.02. The van der Waals surface area contributed by atoms with Gasteiger partial charge < -0.3 is 5.73 Å². The molecule has 0 spiro atoms. The Balaban J connectivity index is 2.75. The summed E-state index contributed by atoms with van der Waals surface area (Å²) in [6, 6.07) is 6.09. The first-order chi connectivity index (χ1) is 7.13. The Hall–Kier alpha value is -0.790. The Morgan fingerprint density at radius 1 is 1.47 bits per heavy atom. The summed E-state index contributed by atoms with van der Waals surface area (Å²) >= 11 is 5.96. The molecule has 0 fully saturated rings. The van der Waals surface area contributed by atoms with E-state index in [1.807, 2.05) is 19.1 Å². The Bertz CT molecular complexity index is 356. The lowest BCUT2D eigenvalue weighted by molar-refractivity contribution is 0.827. The van der Waals surface area contributed by atoms with Crippen LogP contribution in [0, 0.1) is 6.92 Å². The molecule has 0 radical (unpaired) electrons. The maximum absolute atomic E-state index is 5.96. The van der Waals surface area contributed by atoms with Gasteiger partial charge in [-0.05, 0) is 50.4 Å². The minimum absolute atomic E-state index is 0.755. The second kappa shape index (κ2) is 5.94. The van der Waals surface area contributed by atoms with Crippen LogP contribution in [0.2, 0.25) is 5.02 Å². The molecular weight excluding hydrogens is 206 g/mol. The summed E-state index contributed by atoms with van der Waals surface area (Å²) in [6.07, 6.45) is 4.31. The standard InChI is InChI=1S/C13H18ClN/c1-10(4-3-7-15)8-12-5-6-13(14)11(2)9-12/h5-6,8-9H,3-4,7,15H2,1-2H3/b10-8+. The number of rotatable bonds is 4. The molecule has 0 aliphatic rings. The molecule has 2 heteroatoms. The summed E-state index contributed by atoms with van der Waals surface area (Å²) in [6.45, 7) is 4.92. The van der Waals surface area contributed by atoms with Gasteiger partial charge in [0.25, 0.3) is 0 Å². The largest absolute Gasteiger partial charge is 0.330 e. The van der Waals surface area contributed by atoms with Crippen LogP contribution < -0.4 is 5.73 Å². The number of nitrogens with two attached hydrogens (primary N) is 1. The molecule has 15 heavy (non-hydrogen) atoms. The van der Waals surface area contributed by atoms with Crippen LogP contribution in [0.5, 0.6) is 0 Å². The fourth-order valence-electron chi connectivity index (χ4n) is 1.50. The van der Waals surface area contributed by atoms with Crippen molar-refractivity contribution in [2.45, 2.75) is 26.7 Å². The summed E-state index contributed by atoms with van der Waals surface area (Å²) in [4.78, 5) is 0. The lowest BCUT2D eigenvalue weighted by Crippen LogP contribution is -1.97. The second-order valence-corrected chi connectivity index (χ2v) is 4.30. The zero-order valence-electron chi connectivity index (χ0n) is 9.39. The molecule has 1 nitrogen and oxygen atoms in total. The molecule has 0 aliphatic carbocycles. The average molecular weight is 224 g/mol. The summed E-state index contributed by atoms with van der Waals surface area (Å²) in [5.74, 6) is 0. The first-order valence-corrected chi connectivity index (χ1v) is 5.64. The van der Waals surface area contributed by atoms with E-state index < -0.39 is 0 Å². The zero-order chi connectivity index (χ0) is 11.3. The molecule has 2 N–H and O–H groups in total. The highest BCUT2D eigenvalue weighted by atomic mass is 35.5. The van der Waals surface area contributed by atoms with Crippen molar-refractivity contribution in [3.8, 4) is 0 Å². The Kier molecular flexibility index (Phi) is 4.86. The van der Waals surface area contributed by atoms with E-state index in [-0.39, 0.29) is 0 Å². The topological polar surface area (TPSA) is 26.0 Å². The van der Waals surface area contributed by atoms with Gasteiger partial charge >= 0.3 is 0 Å². The Morgan fingerprint density at radius 3 is 2.80 bits per heavy atom. The quantitative estimate of drug-likeness (QED) is 0.826. The van der Waals surface area contributed by atoms with Crippen LogP contribution in [0.1, 0.15) is 30.9 Å². The molecule has 0 saturated heterocycles. The van der Waals surface area contributed by atoms with Gasteiger partial charge in [-0.15, -0.1) is 0 Å². The minimum atomic E-state index is 0.755. The van der Waals surface area contributed by atoms with Crippen molar-refractivity contribution < 1.29 is 0 Å². The first kappa shape index (κ1) is 12.3. The van der Waals surface area contributed by atoms with Gasteiger partial charge in [0.1, 0.15) is 0 Å². The van der Waals surface area contributed by atoms with Crippen molar-refractivity contribution in [1.82, 2.24) is 0 Å². The predicted molar refractivity (Wildman–Crippen MR) is 68.1 cm³/mol. The molecule has 0 heterocycles. The van der Waals surface area contributed by atoms with Crippen molar-refractivity contribution in [1.29, 1.82) is 0 Å². The third kappa shape index (κ3) is 4.06. The van der Waals surface area contributed by atoms with Gasteiger partial charge in [-0.1, -0.05) is 35.4 Å². The molecule has 1 aromatic carbocycles. The smallest absolute Gasteiger partial charge is 0.0435 e. The van der Waals surface area contributed by atoms with Crippen LogP contribution in [0.3, 0.4) is 0 Å². The van der Waals surface area contributed by atoms with Gasteiger partial charge in [0.2, 0.25) is 0 Å². The SMILES string of the molecule is C/C(=C\c1ccc(Cl)c(C)c1)CCCN. The number of hydrogen-bond donors (Lipinski definition) is 1. The van der Waals surface area contributed by atoms with E-state index in [9.17, 15) is 0 Å². The number of hydrogen-bond acceptors (Lipinski definition) is 1. The molecule has 0 aliphatic heterocycles. The van der Waals surface area contributed by atoms with E-state index in [0.717, 1.165) is 30.0 Å². The second-order valence-electron chi connectivity index (χ2n) is 3.89. The van der Waals surface area contributed by atoms with Crippen molar-refractivity contribution >= 4 is 17.7 Å². The fourth-order valence-corrected chi connectivity index (χ4v) is 1.61. The number of halogens is 1. The highest BCUT2D eigenvalue weighted by molar-refractivity contribution is 6.31. The highest BCUT2D eigenvalue weighted by Gasteiger charge is 1.96. The molecule has 1 aromatic rings. The van der Waals surface area contributed by atoms with E-state index in [1.54, 1.807) is 0 Å². The summed E-state index contributed by atoms with van der Waals surface area (Å²) < 4.78 is 0.